The van der Waals surface area contributed by atoms with Gasteiger partial charge in [-0.25, -0.2) is 0 Å². The zero-order valence-electron chi connectivity index (χ0n) is 10.9. The van der Waals surface area contributed by atoms with Crippen molar-refractivity contribution in [1.82, 2.24) is 0 Å². The highest BCUT2D eigenvalue weighted by molar-refractivity contribution is 5.71. The molecule has 0 aromatic heterocycles. The van der Waals surface area contributed by atoms with Gasteiger partial charge in [0, 0.05) is 12.1 Å². The molecule has 0 fully saturated rings. The molecule has 0 bridgehead atoms. The Morgan fingerprint density at radius 1 is 1.05 bits per heavy atom. The van der Waals surface area contributed by atoms with Gasteiger partial charge in [-0.15, -0.1) is 0 Å². The van der Waals surface area contributed by atoms with E-state index in [1.165, 1.54) is 13.2 Å². The lowest BCUT2D eigenvalue weighted by atomic mass is 10.0. The Bertz CT molecular complexity index is 591. The average Bonchev–Trinajstić information content (AvgIpc) is 2.45. The number of methoxy groups -OCH3 is 1. The highest BCUT2D eigenvalue weighted by Crippen LogP contribution is 2.37. The van der Waals surface area contributed by atoms with Crippen LogP contribution in [-0.4, -0.2) is 7.11 Å². The van der Waals surface area contributed by atoms with Gasteiger partial charge in [-0.3, -0.25) is 0 Å². The van der Waals surface area contributed by atoms with Crippen molar-refractivity contribution in [2.45, 2.75) is 12.7 Å². The van der Waals surface area contributed by atoms with Crippen molar-refractivity contribution in [2.75, 3.05) is 7.11 Å². The molecular weight excluding hydrogens is 267 g/mol. The fourth-order valence-electron chi connectivity index (χ4n) is 1.93. The molecule has 2 aromatic rings. The lowest BCUT2D eigenvalue weighted by Gasteiger charge is -2.13. The first kappa shape index (κ1) is 14.4. The minimum absolute atomic E-state index is 0.195. The van der Waals surface area contributed by atoms with Crippen LogP contribution in [0.3, 0.4) is 0 Å². The molecule has 20 heavy (non-hydrogen) atoms. The first-order chi connectivity index (χ1) is 9.45. The molecule has 0 radical (unpaired) electrons. The van der Waals surface area contributed by atoms with Crippen molar-refractivity contribution in [1.29, 1.82) is 0 Å². The van der Waals surface area contributed by atoms with Gasteiger partial charge in [0.05, 0.1) is 12.7 Å². The number of nitrogens with two attached hydrogens (primary N) is 1. The van der Waals surface area contributed by atoms with E-state index in [9.17, 15) is 13.2 Å². The second kappa shape index (κ2) is 5.54. The summed E-state index contributed by atoms with van der Waals surface area (Å²) in [5.74, 6) is 0.195. The zero-order valence-corrected chi connectivity index (χ0v) is 10.9. The van der Waals surface area contributed by atoms with Crippen molar-refractivity contribution < 1.29 is 17.9 Å². The lowest BCUT2D eigenvalue weighted by Crippen LogP contribution is -2.05. The van der Waals surface area contributed by atoms with Gasteiger partial charge in [0.25, 0.3) is 0 Å². The summed E-state index contributed by atoms with van der Waals surface area (Å²) in [5.41, 5.74) is 7.15. The summed E-state index contributed by atoms with van der Waals surface area (Å²) in [6, 6.07) is 10.8. The molecule has 0 aliphatic heterocycles. The maximum atomic E-state index is 12.7. The van der Waals surface area contributed by atoms with Crippen LogP contribution in [-0.2, 0) is 12.7 Å². The molecule has 0 unspecified atom stereocenters. The number of hydrogen-bond acceptors (Lipinski definition) is 2. The van der Waals surface area contributed by atoms with Crippen molar-refractivity contribution >= 4 is 0 Å². The first-order valence-electron chi connectivity index (χ1n) is 6.00. The highest BCUT2D eigenvalue weighted by Gasteiger charge is 2.31. The number of halogens is 3. The van der Waals surface area contributed by atoms with E-state index < -0.39 is 11.7 Å². The minimum atomic E-state index is -4.38. The van der Waals surface area contributed by atoms with Gasteiger partial charge in [0.15, 0.2) is 0 Å². The van der Waals surface area contributed by atoms with Crippen LogP contribution in [0.2, 0.25) is 0 Å². The van der Waals surface area contributed by atoms with E-state index in [4.69, 9.17) is 10.5 Å². The summed E-state index contributed by atoms with van der Waals surface area (Å²) in [6.07, 6.45) is -4.38. The Labute approximate surface area is 115 Å². The van der Waals surface area contributed by atoms with Crippen LogP contribution < -0.4 is 10.5 Å². The molecular formula is C15H14F3NO. The average molecular weight is 281 g/mol. The lowest BCUT2D eigenvalue weighted by molar-refractivity contribution is -0.137. The first-order valence-corrected chi connectivity index (χ1v) is 6.00. The molecule has 0 spiro atoms. The fourth-order valence-corrected chi connectivity index (χ4v) is 1.93. The molecule has 2 aromatic carbocycles. The maximum Gasteiger partial charge on any atom is 0.416 e. The van der Waals surface area contributed by atoms with Crippen LogP contribution in [0.15, 0.2) is 42.5 Å². The Morgan fingerprint density at radius 3 is 2.20 bits per heavy atom. The Kier molecular flexibility index (Phi) is 3.99. The quantitative estimate of drug-likeness (QED) is 0.927. The van der Waals surface area contributed by atoms with Gasteiger partial charge >= 0.3 is 6.18 Å². The van der Waals surface area contributed by atoms with Gasteiger partial charge in [-0.2, -0.15) is 13.2 Å². The van der Waals surface area contributed by atoms with E-state index in [0.29, 0.717) is 12.1 Å². The summed E-state index contributed by atoms with van der Waals surface area (Å²) >= 11 is 0. The topological polar surface area (TPSA) is 35.2 Å². The summed E-state index contributed by atoms with van der Waals surface area (Å²) < 4.78 is 43.1. The zero-order chi connectivity index (χ0) is 14.8. The van der Waals surface area contributed by atoms with E-state index in [1.807, 2.05) is 24.3 Å². The molecule has 0 atom stereocenters. The largest absolute Gasteiger partial charge is 0.496 e. The molecule has 0 saturated heterocycles. The SMILES string of the molecule is COc1cc(C(F)(F)F)ccc1-c1ccc(CN)cc1. The number of alkyl halides is 3. The molecule has 106 valence electrons. The van der Waals surface area contributed by atoms with Gasteiger partial charge in [0.1, 0.15) is 5.75 Å². The standard InChI is InChI=1S/C15H14F3NO/c1-20-14-8-12(15(16,17)18)6-7-13(14)11-4-2-10(9-19)3-5-11/h2-8H,9,19H2,1H3. The molecule has 5 heteroatoms. The van der Waals surface area contributed by atoms with Crippen LogP contribution in [0, 0.1) is 0 Å². The number of benzene rings is 2. The Morgan fingerprint density at radius 2 is 1.70 bits per heavy atom. The predicted molar refractivity (Wildman–Crippen MR) is 71.3 cm³/mol. The van der Waals surface area contributed by atoms with Gasteiger partial charge in [0.2, 0.25) is 0 Å². The van der Waals surface area contributed by atoms with E-state index in [2.05, 4.69) is 0 Å². The van der Waals surface area contributed by atoms with E-state index in [1.54, 1.807) is 0 Å². The summed E-state index contributed by atoms with van der Waals surface area (Å²) in [6.45, 7) is 0.421. The minimum Gasteiger partial charge on any atom is -0.496 e. The third kappa shape index (κ3) is 2.93. The third-order valence-corrected chi connectivity index (χ3v) is 3.03. The fraction of sp³-hybridized carbons (Fsp3) is 0.200. The number of hydrogen-bond donors (Lipinski definition) is 1. The van der Waals surface area contributed by atoms with E-state index in [0.717, 1.165) is 23.3 Å². The van der Waals surface area contributed by atoms with Crippen molar-refractivity contribution in [2.24, 2.45) is 5.73 Å². The maximum absolute atomic E-state index is 12.7. The summed E-state index contributed by atoms with van der Waals surface area (Å²) in [7, 11) is 1.35. The normalized spacial score (nSPS) is 11.4. The van der Waals surface area contributed by atoms with Gasteiger partial charge < -0.3 is 10.5 Å². The summed E-state index contributed by atoms with van der Waals surface area (Å²) in [5, 5.41) is 0. The molecule has 0 aliphatic carbocycles. The van der Waals surface area contributed by atoms with Crippen LogP contribution >= 0.6 is 0 Å². The Hall–Kier alpha value is -2.01. The van der Waals surface area contributed by atoms with Crippen LogP contribution in [0.1, 0.15) is 11.1 Å². The van der Waals surface area contributed by atoms with Crippen LogP contribution in [0.25, 0.3) is 11.1 Å². The molecule has 2 nitrogen and oxygen atoms in total. The van der Waals surface area contributed by atoms with Crippen molar-refractivity contribution in [3.05, 3.63) is 53.6 Å². The number of ether oxygens (including phenoxy) is 1. The van der Waals surface area contributed by atoms with E-state index >= 15 is 0 Å². The van der Waals surface area contributed by atoms with Gasteiger partial charge in [-0.05, 0) is 23.3 Å². The van der Waals surface area contributed by atoms with Crippen LogP contribution in [0.4, 0.5) is 13.2 Å². The second-order valence-corrected chi connectivity index (χ2v) is 4.31. The van der Waals surface area contributed by atoms with Crippen LogP contribution in [0.5, 0.6) is 5.75 Å². The molecule has 0 amide bonds. The second-order valence-electron chi connectivity index (χ2n) is 4.31. The van der Waals surface area contributed by atoms with E-state index in [-0.39, 0.29) is 5.75 Å². The monoisotopic (exact) mass is 281 g/mol. The summed E-state index contributed by atoms with van der Waals surface area (Å²) in [4.78, 5) is 0. The molecule has 0 aliphatic rings. The predicted octanol–water partition coefficient (Wildman–Crippen LogP) is 3.84. The molecule has 0 heterocycles. The molecule has 2 rings (SSSR count). The smallest absolute Gasteiger partial charge is 0.416 e. The third-order valence-electron chi connectivity index (χ3n) is 3.03. The highest BCUT2D eigenvalue weighted by atomic mass is 19.4. The molecule has 0 saturated carbocycles. The van der Waals surface area contributed by atoms with Crippen molar-refractivity contribution in [3.63, 3.8) is 0 Å². The van der Waals surface area contributed by atoms with Crippen molar-refractivity contribution in [3.8, 4) is 16.9 Å². The number of rotatable bonds is 3. The Balaban J connectivity index is 2.45. The molecule has 2 N–H and O–H groups in total. The van der Waals surface area contributed by atoms with Gasteiger partial charge in [-0.1, -0.05) is 30.3 Å².